The summed E-state index contributed by atoms with van der Waals surface area (Å²) in [5.74, 6) is -0.125. The molecule has 0 aliphatic carbocycles. The van der Waals surface area contributed by atoms with Gasteiger partial charge in [-0.3, -0.25) is 9.78 Å². The first-order valence-corrected chi connectivity index (χ1v) is 10.1. The number of nitrogens with one attached hydrogen (secondary N) is 1. The van der Waals surface area contributed by atoms with E-state index in [2.05, 4.69) is 15.4 Å². The molecular weight excluding hydrogens is 427 g/mol. The minimum absolute atomic E-state index is 0.0614. The van der Waals surface area contributed by atoms with Gasteiger partial charge in [-0.25, -0.2) is 4.39 Å². The zero-order chi connectivity index (χ0) is 21.1. The third-order valence-electron chi connectivity index (χ3n) is 4.31. The van der Waals surface area contributed by atoms with E-state index in [0.717, 1.165) is 4.88 Å². The van der Waals surface area contributed by atoms with Crippen LogP contribution < -0.4 is 10.1 Å². The normalized spacial score (nSPS) is 10.8. The SMILES string of the molecule is COc1ccccc1C(=O)n1nc(-c2ncccc2F)cc1NCc1ccc(Cl)s1. The van der Waals surface area contributed by atoms with Crippen molar-refractivity contribution < 1.29 is 13.9 Å². The van der Waals surface area contributed by atoms with E-state index in [0.29, 0.717) is 28.0 Å². The molecule has 0 saturated carbocycles. The largest absolute Gasteiger partial charge is 0.496 e. The number of hydrogen-bond acceptors (Lipinski definition) is 6. The van der Waals surface area contributed by atoms with Gasteiger partial charge in [0.2, 0.25) is 0 Å². The number of aromatic nitrogens is 3. The lowest BCUT2D eigenvalue weighted by atomic mass is 10.2. The molecular formula is C21H16ClFN4O2S. The van der Waals surface area contributed by atoms with Gasteiger partial charge >= 0.3 is 0 Å². The Labute approximate surface area is 180 Å². The number of benzene rings is 1. The molecule has 0 aliphatic rings. The first-order chi connectivity index (χ1) is 14.6. The van der Waals surface area contributed by atoms with Gasteiger partial charge in [0, 0.05) is 17.1 Å². The van der Waals surface area contributed by atoms with Gasteiger partial charge in [-0.1, -0.05) is 23.7 Å². The summed E-state index contributed by atoms with van der Waals surface area (Å²) >= 11 is 7.42. The van der Waals surface area contributed by atoms with Crippen LogP contribution >= 0.6 is 22.9 Å². The Hall–Kier alpha value is -3.23. The van der Waals surface area contributed by atoms with Gasteiger partial charge in [0.15, 0.2) is 5.82 Å². The summed E-state index contributed by atoms with van der Waals surface area (Å²) in [5.41, 5.74) is 0.632. The molecule has 30 heavy (non-hydrogen) atoms. The highest BCUT2D eigenvalue weighted by atomic mass is 35.5. The molecule has 0 radical (unpaired) electrons. The van der Waals surface area contributed by atoms with E-state index in [4.69, 9.17) is 16.3 Å². The highest BCUT2D eigenvalue weighted by Gasteiger charge is 2.21. The second-order valence-electron chi connectivity index (χ2n) is 6.23. The molecule has 6 nitrogen and oxygen atoms in total. The summed E-state index contributed by atoms with van der Waals surface area (Å²) in [4.78, 5) is 18.3. The molecule has 1 aromatic carbocycles. The number of nitrogens with zero attached hydrogens (tertiary/aromatic N) is 3. The van der Waals surface area contributed by atoms with Gasteiger partial charge in [0.1, 0.15) is 23.0 Å². The fourth-order valence-electron chi connectivity index (χ4n) is 2.91. The molecule has 1 N–H and O–H groups in total. The Morgan fingerprint density at radius 2 is 2.07 bits per heavy atom. The number of para-hydroxylation sites is 1. The fraction of sp³-hybridized carbons (Fsp3) is 0.0952. The standard InChI is InChI=1S/C21H16ClFN4O2S/c1-29-17-7-3-2-5-14(17)21(28)27-19(25-12-13-8-9-18(22)30-13)11-16(26-27)20-15(23)6-4-10-24-20/h2-11,25H,12H2,1H3. The molecule has 0 unspecified atom stereocenters. The molecule has 4 aromatic rings. The van der Waals surface area contributed by atoms with Crippen LogP contribution in [0.15, 0.2) is 60.8 Å². The van der Waals surface area contributed by atoms with Crippen molar-refractivity contribution in [3.8, 4) is 17.1 Å². The van der Waals surface area contributed by atoms with E-state index >= 15 is 0 Å². The quantitative estimate of drug-likeness (QED) is 0.449. The van der Waals surface area contributed by atoms with Crippen molar-refractivity contribution in [2.75, 3.05) is 12.4 Å². The predicted molar refractivity (Wildman–Crippen MR) is 115 cm³/mol. The van der Waals surface area contributed by atoms with Gasteiger partial charge < -0.3 is 10.1 Å². The minimum Gasteiger partial charge on any atom is -0.496 e. The summed E-state index contributed by atoms with van der Waals surface area (Å²) in [5, 5.41) is 7.52. The van der Waals surface area contributed by atoms with Crippen molar-refractivity contribution in [2.24, 2.45) is 0 Å². The van der Waals surface area contributed by atoms with E-state index in [9.17, 15) is 9.18 Å². The first kappa shape index (κ1) is 20.1. The van der Waals surface area contributed by atoms with Crippen molar-refractivity contribution in [1.29, 1.82) is 0 Å². The second kappa shape index (κ2) is 8.64. The van der Waals surface area contributed by atoms with Gasteiger partial charge in [-0.2, -0.15) is 9.78 Å². The van der Waals surface area contributed by atoms with E-state index in [-0.39, 0.29) is 11.4 Å². The number of anilines is 1. The summed E-state index contributed by atoms with van der Waals surface area (Å²) < 4.78 is 21.4. The number of halogens is 2. The molecule has 3 aromatic heterocycles. The number of rotatable bonds is 6. The topological polar surface area (TPSA) is 69.0 Å². The Morgan fingerprint density at radius 3 is 2.80 bits per heavy atom. The monoisotopic (exact) mass is 442 g/mol. The maximum absolute atomic E-state index is 14.3. The van der Waals surface area contributed by atoms with Crippen LogP contribution in [0.3, 0.4) is 0 Å². The van der Waals surface area contributed by atoms with Gasteiger partial charge in [0.05, 0.1) is 23.6 Å². The summed E-state index contributed by atoms with van der Waals surface area (Å²) in [6.07, 6.45) is 1.47. The van der Waals surface area contributed by atoms with Crippen LogP contribution in [0.1, 0.15) is 15.2 Å². The molecule has 0 fully saturated rings. The van der Waals surface area contributed by atoms with Crippen molar-refractivity contribution in [2.45, 2.75) is 6.54 Å². The zero-order valence-corrected chi connectivity index (χ0v) is 17.4. The zero-order valence-electron chi connectivity index (χ0n) is 15.8. The Kier molecular flexibility index (Phi) is 5.78. The lowest BCUT2D eigenvalue weighted by molar-refractivity contribution is 0.0945. The Morgan fingerprint density at radius 1 is 1.23 bits per heavy atom. The average Bonchev–Trinajstić information content (AvgIpc) is 3.38. The van der Waals surface area contributed by atoms with Crippen LogP contribution in [0.4, 0.5) is 10.2 Å². The van der Waals surface area contributed by atoms with E-state index in [1.54, 1.807) is 36.4 Å². The second-order valence-corrected chi connectivity index (χ2v) is 8.02. The number of hydrogen-bond donors (Lipinski definition) is 1. The summed E-state index contributed by atoms with van der Waals surface area (Å²) in [6.45, 7) is 0.423. The van der Waals surface area contributed by atoms with Crippen LogP contribution in [-0.2, 0) is 6.54 Å². The first-order valence-electron chi connectivity index (χ1n) is 8.93. The third-order valence-corrected chi connectivity index (χ3v) is 5.54. The maximum Gasteiger partial charge on any atom is 0.283 e. The van der Waals surface area contributed by atoms with Crippen LogP contribution in [-0.4, -0.2) is 27.8 Å². The summed E-state index contributed by atoms with van der Waals surface area (Å²) in [7, 11) is 1.49. The smallest absolute Gasteiger partial charge is 0.283 e. The van der Waals surface area contributed by atoms with Crippen LogP contribution in [0.2, 0.25) is 4.34 Å². The van der Waals surface area contributed by atoms with Crippen LogP contribution in [0.25, 0.3) is 11.4 Å². The highest BCUT2D eigenvalue weighted by molar-refractivity contribution is 7.16. The Bertz CT molecular complexity index is 1210. The summed E-state index contributed by atoms with van der Waals surface area (Å²) in [6, 6.07) is 14.9. The van der Waals surface area contributed by atoms with Gasteiger partial charge in [-0.05, 0) is 36.4 Å². The Balaban J connectivity index is 1.75. The third kappa shape index (κ3) is 4.05. The van der Waals surface area contributed by atoms with E-state index in [1.165, 1.54) is 41.5 Å². The molecule has 0 atom stereocenters. The molecule has 4 rings (SSSR count). The lowest BCUT2D eigenvalue weighted by Gasteiger charge is -2.10. The molecule has 3 heterocycles. The van der Waals surface area contributed by atoms with E-state index in [1.807, 2.05) is 6.07 Å². The molecule has 152 valence electrons. The fourth-order valence-corrected chi connectivity index (χ4v) is 3.94. The molecule has 0 amide bonds. The number of methoxy groups -OCH3 is 1. The predicted octanol–water partition coefficient (Wildman–Crippen LogP) is 5.11. The highest BCUT2D eigenvalue weighted by Crippen LogP contribution is 2.27. The van der Waals surface area contributed by atoms with Crippen LogP contribution in [0, 0.1) is 5.82 Å². The number of thiophene rings is 1. The van der Waals surface area contributed by atoms with Crippen molar-refractivity contribution in [1.82, 2.24) is 14.8 Å². The molecule has 9 heteroatoms. The molecule has 0 spiro atoms. The van der Waals surface area contributed by atoms with Crippen LogP contribution in [0.5, 0.6) is 5.75 Å². The minimum atomic E-state index is -0.525. The van der Waals surface area contributed by atoms with Gasteiger partial charge in [0.25, 0.3) is 5.91 Å². The number of carbonyl (C=O) groups excluding carboxylic acids is 1. The van der Waals surface area contributed by atoms with E-state index < -0.39 is 11.7 Å². The number of ether oxygens (including phenoxy) is 1. The van der Waals surface area contributed by atoms with Crippen molar-refractivity contribution in [3.05, 3.63) is 81.4 Å². The lowest BCUT2D eigenvalue weighted by Crippen LogP contribution is -2.17. The number of pyridine rings is 1. The molecule has 0 aliphatic heterocycles. The van der Waals surface area contributed by atoms with Crippen molar-refractivity contribution >= 4 is 34.7 Å². The molecule has 0 bridgehead atoms. The van der Waals surface area contributed by atoms with Gasteiger partial charge in [-0.15, -0.1) is 11.3 Å². The average molecular weight is 443 g/mol. The number of carbonyl (C=O) groups is 1. The van der Waals surface area contributed by atoms with Crippen molar-refractivity contribution in [3.63, 3.8) is 0 Å². The maximum atomic E-state index is 14.3. The molecule has 0 saturated heterocycles.